The number of rotatable bonds is 7. The summed E-state index contributed by atoms with van der Waals surface area (Å²) in [5.41, 5.74) is 2.77. The van der Waals surface area contributed by atoms with Gasteiger partial charge in [-0.15, -0.1) is 0 Å². The van der Waals surface area contributed by atoms with Crippen molar-refractivity contribution in [1.82, 2.24) is 14.8 Å². The zero-order valence-electron chi connectivity index (χ0n) is 17.5. The molecule has 0 bridgehead atoms. The molecule has 8 heteroatoms. The highest BCUT2D eigenvalue weighted by molar-refractivity contribution is 6.06. The smallest absolute Gasteiger partial charge is 0.255 e. The molecule has 4 rings (SSSR count). The largest absolute Gasteiger partial charge is 0.495 e. The maximum atomic E-state index is 13.5. The van der Waals surface area contributed by atoms with Gasteiger partial charge in [-0.2, -0.15) is 10.1 Å². The third kappa shape index (κ3) is 4.15. The topological polar surface area (TPSA) is 101 Å². The average Bonchev–Trinajstić information content (AvgIpc) is 3.19. The molecule has 1 amide bonds. The van der Waals surface area contributed by atoms with E-state index in [1.165, 1.54) is 0 Å². The number of hydrogen-bond acceptors (Lipinski definition) is 6. The van der Waals surface area contributed by atoms with Gasteiger partial charge in [-0.25, -0.2) is 4.68 Å². The molecule has 1 atom stereocenters. The summed E-state index contributed by atoms with van der Waals surface area (Å²) < 4.78 is 7.12. The van der Waals surface area contributed by atoms with Crippen molar-refractivity contribution in [1.29, 1.82) is 0 Å². The number of benzene rings is 2. The van der Waals surface area contributed by atoms with Crippen molar-refractivity contribution >= 4 is 17.5 Å². The van der Waals surface area contributed by atoms with E-state index < -0.39 is 6.04 Å². The monoisotopic (exact) mass is 419 g/mol. The van der Waals surface area contributed by atoms with E-state index in [0.717, 1.165) is 5.56 Å². The summed E-state index contributed by atoms with van der Waals surface area (Å²) in [7, 11) is 1.57. The predicted octanol–water partition coefficient (Wildman–Crippen LogP) is 3.14. The van der Waals surface area contributed by atoms with E-state index in [1.54, 1.807) is 23.9 Å². The number of allylic oxidation sites excluding steroid dienone is 1. The van der Waals surface area contributed by atoms with Crippen LogP contribution < -0.4 is 15.4 Å². The standard InChI is InChI=1S/C23H25N5O3/c1-15-20(22(30)25-17-11-6-7-12-18(17)31-2)21(16-9-4-3-5-10-16)28-23(24-15)26-19(27-28)13-8-14-29/h3-7,9-12,21,29H,8,13-14H2,1-2H3,(H,25,30)(H,24,26,27). The second-order valence-electron chi connectivity index (χ2n) is 7.25. The van der Waals surface area contributed by atoms with Crippen molar-refractivity contribution in [2.45, 2.75) is 25.8 Å². The first-order valence-corrected chi connectivity index (χ1v) is 10.2. The van der Waals surface area contributed by atoms with Gasteiger partial charge in [-0.3, -0.25) is 4.79 Å². The molecule has 0 saturated heterocycles. The molecule has 0 saturated carbocycles. The lowest BCUT2D eigenvalue weighted by Crippen LogP contribution is -2.31. The zero-order valence-corrected chi connectivity index (χ0v) is 17.5. The Bertz CT molecular complexity index is 1110. The average molecular weight is 419 g/mol. The van der Waals surface area contributed by atoms with Crippen LogP contribution in [0, 0.1) is 0 Å². The van der Waals surface area contributed by atoms with Crippen LogP contribution in [0.15, 0.2) is 65.9 Å². The van der Waals surface area contributed by atoms with Crippen molar-refractivity contribution in [2.75, 3.05) is 24.4 Å². The van der Waals surface area contributed by atoms with Crippen molar-refractivity contribution in [3.63, 3.8) is 0 Å². The van der Waals surface area contributed by atoms with Gasteiger partial charge in [0.15, 0.2) is 5.82 Å². The molecule has 3 aromatic rings. The van der Waals surface area contributed by atoms with Crippen LogP contribution in [0.4, 0.5) is 11.6 Å². The number of amides is 1. The lowest BCUT2D eigenvalue weighted by molar-refractivity contribution is -0.113. The molecule has 1 aliphatic rings. The van der Waals surface area contributed by atoms with Crippen molar-refractivity contribution in [3.05, 3.63) is 77.3 Å². The number of aliphatic hydroxyl groups excluding tert-OH is 1. The fourth-order valence-electron chi connectivity index (χ4n) is 3.71. The molecule has 8 nitrogen and oxygen atoms in total. The van der Waals surface area contributed by atoms with Crippen LogP contribution in [-0.2, 0) is 11.2 Å². The van der Waals surface area contributed by atoms with Crippen LogP contribution >= 0.6 is 0 Å². The molecule has 31 heavy (non-hydrogen) atoms. The molecule has 3 N–H and O–H groups in total. The van der Waals surface area contributed by atoms with Crippen LogP contribution in [0.3, 0.4) is 0 Å². The number of nitrogens with one attached hydrogen (secondary N) is 2. The van der Waals surface area contributed by atoms with Crippen molar-refractivity contribution < 1.29 is 14.6 Å². The normalized spacial score (nSPS) is 15.3. The minimum atomic E-state index is -0.442. The maximum absolute atomic E-state index is 13.5. The summed E-state index contributed by atoms with van der Waals surface area (Å²) in [6, 6.07) is 16.6. The van der Waals surface area contributed by atoms with E-state index in [-0.39, 0.29) is 12.5 Å². The molecule has 1 unspecified atom stereocenters. The SMILES string of the molecule is COc1ccccc1NC(=O)C1=C(C)Nc2nc(CCCO)nn2C1c1ccccc1. The highest BCUT2D eigenvalue weighted by atomic mass is 16.5. The first-order valence-electron chi connectivity index (χ1n) is 10.2. The van der Waals surface area contributed by atoms with E-state index in [1.807, 2.05) is 49.4 Å². The summed E-state index contributed by atoms with van der Waals surface area (Å²) in [6.45, 7) is 1.93. The number of fused-ring (bicyclic) bond motifs is 1. The Hall–Kier alpha value is -3.65. The van der Waals surface area contributed by atoms with Gasteiger partial charge in [0.05, 0.1) is 18.4 Å². The van der Waals surface area contributed by atoms with E-state index in [0.29, 0.717) is 47.3 Å². The lowest BCUT2D eigenvalue weighted by Gasteiger charge is -2.28. The number of nitrogens with zero attached hydrogens (tertiary/aromatic N) is 3. The van der Waals surface area contributed by atoms with Crippen LogP contribution in [0.25, 0.3) is 0 Å². The number of para-hydroxylation sites is 2. The second-order valence-corrected chi connectivity index (χ2v) is 7.25. The Labute approximate surface area is 180 Å². The predicted molar refractivity (Wildman–Crippen MR) is 118 cm³/mol. The maximum Gasteiger partial charge on any atom is 0.255 e. The zero-order chi connectivity index (χ0) is 21.8. The highest BCUT2D eigenvalue weighted by Gasteiger charge is 2.34. The number of aryl methyl sites for hydroxylation is 1. The molecule has 2 aromatic carbocycles. The van der Waals surface area contributed by atoms with Crippen molar-refractivity contribution in [3.8, 4) is 5.75 Å². The number of carbonyl (C=O) groups is 1. The number of aliphatic hydroxyl groups is 1. The second kappa shape index (κ2) is 9.01. The van der Waals surface area contributed by atoms with E-state index in [9.17, 15) is 4.79 Å². The number of anilines is 2. The molecule has 0 aliphatic carbocycles. The fourth-order valence-corrected chi connectivity index (χ4v) is 3.71. The lowest BCUT2D eigenvalue weighted by atomic mass is 9.95. The summed E-state index contributed by atoms with van der Waals surface area (Å²) in [5, 5.41) is 20.0. The Balaban J connectivity index is 1.74. The Morgan fingerprint density at radius 1 is 1.19 bits per heavy atom. The van der Waals surface area contributed by atoms with Crippen LogP contribution in [-0.4, -0.2) is 39.5 Å². The number of ether oxygens (including phenoxy) is 1. The third-order valence-corrected chi connectivity index (χ3v) is 5.17. The van der Waals surface area contributed by atoms with Gasteiger partial charge < -0.3 is 20.5 Å². The van der Waals surface area contributed by atoms with Gasteiger partial charge in [0.25, 0.3) is 5.91 Å². The van der Waals surface area contributed by atoms with Crippen LogP contribution in [0.1, 0.15) is 30.8 Å². The van der Waals surface area contributed by atoms with Crippen LogP contribution in [0.5, 0.6) is 5.75 Å². The summed E-state index contributed by atoms with van der Waals surface area (Å²) in [4.78, 5) is 18.0. The number of hydrogen-bond donors (Lipinski definition) is 3. The molecule has 0 fully saturated rings. The fraction of sp³-hybridized carbons (Fsp3) is 0.261. The first kappa shape index (κ1) is 20.6. The quantitative estimate of drug-likeness (QED) is 0.544. The van der Waals surface area contributed by atoms with Gasteiger partial charge in [-0.1, -0.05) is 42.5 Å². The summed E-state index contributed by atoms with van der Waals surface area (Å²) >= 11 is 0. The van der Waals surface area contributed by atoms with Gasteiger partial charge in [0.1, 0.15) is 11.8 Å². The summed E-state index contributed by atoms with van der Waals surface area (Å²) in [5.74, 6) is 1.54. The first-order chi connectivity index (χ1) is 15.1. The molecule has 1 aromatic heterocycles. The molecular formula is C23H25N5O3. The highest BCUT2D eigenvalue weighted by Crippen LogP contribution is 2.36. The van der Waals surface area contributed by atoms with Crippen LogP contribution in [0.2, 0.25) is 0 Å². The molecule has 0 spiro atoms. The minimum absolute atomic E-state index is 0.0727. The number of carbonyl (C=O) groups excluding carboxylic acids is 1. The molecule has 160 valence electrons. The van der Waals surface area contributed by atoms with E-state index >= 15 is 0 Å². The van der Waals surface area contributed by atoms with Gasteiger partial charge in [-0.05, 0) is 31.0 Å². The Kier molecular flexibility index (Phi) is 5.99. The third-order valence-electron chi connectivity index (χ3n) is 5.17. The molecule has 1 aliphatic heterocycles. The molecule has 0 radical (unpaired) electrons. The van der Waals surface area contributed by atoms with Crippen molar-refractivity contribution in [2.24, 2.45) is 0 Å². The molecule has 2 heterocycles. The van der Waals surface area contributed by atoms with E-state index in [4.69, 9.17) is 9.84 Å². The number of methoxy groups -OCH3 is 1. The van der Waals surface area contributed by atoms with Gasteiger partial charge >= 0.3 is 0 Å². The summed E-state index contributed by atoms with van der Waals surface area (Å²) in [6.07, 6.45) is 1.13. The van der Waals surface area contributed by atoms with Gasteiger partial charge in [0, 0.05) is 18.7 Å². The number of aromatic nitrogens is 3. The van der Waals surface area contributed by atoms with Gasteiger partial charge in [0.2, 0.25) is 5.95 Å². The molecular weight excluding hydrogens is 394 g/mol. The Morgan fingerprint density at radius 3 is 2.68 bits per heavy atom. The van der Waals surface area contributed by atoms with E-state index in [2.05, 4.69) is 20.7 Å². The Morgan fingerprint density at radius 2 is 1.94 bits per heavy atom. The minimum Gasteiger partial charge on any atom is -0.495 e.